The molecule has 0 aromatic heterocycles. The summed E-state index contributed by atoms with van der Waals surface area (Å²) < 4.78 is 32.7. The van der Waals surface area contributed by atoms with Crippen LogP contribution in [-0.2, 0) is 19.7 Å². The number of carboxylic acids is 1. The van der Waals surface area contributed by atoms with Gasteiger partial charge in [-0.05, 0) is 12.8 Å². The molecule has 0 spiro atoms. The van der Waals surface area contributed by atoms with E-state index >= 15 is 0 Å². The van der Waals surface area contributed by atoms with Crippen LogP contribution in [0.4, 0.5) is 0 Å². The Morgan fingerprint density at radius 2 is 1.94 bits per heavy atom. The molecule has 18 heavy (non-hydrogen) atoms. The highest BCUT2D eigenvalue weighted by molar-refractivity contribution is 7.87. The summed E-state index contributed by atoms with van der Waals surface area (Å²) in [4.78, 5) is 11.3. The Bertz CT molecular complexity index is 376. The molecule has 0 saturated heterocycles. The standard InChI is InChI=1S/C10H20N2O5S/c1-17-8-7-11-18(15,16)12-10(9(13)14)5-3-2-4-6-10/h11-12H,2-8H2,1H3,(H,13,14). The van der Waals surface area contributed by atoms with Gasteiger partial charge in [0, 0.05) is 13.7 Å². The summed E-state index contributed by atoms with van der Waals surface area (Å²) in [5, 5.41) is 9.24. The molecule has 1 aliphatic carbocycles. The summed E-state index contributed by atoms with van der Waals surface area (Å²) in [7, 11) is -2.36. The Labute approximate surface area is 107 Å². The van der Waals surface area contributed by atoms with Gasteiger partial charge in [-0.25, -0.2) is 0 Å². The Balaban J connectivity index is 2.68. The molecule has 8 heteroatoms. The number of ether oxygens (including phenoxy) is 1. The Hall–Kier alpha value is -0.700. The van der Waals surface area contributed by atoms with Crippen LogP contribution in [0.1, 0.15) is 32.1 Å². The number of carbonyl (C=O) groups is 1. The Morgan fingerprint density at radius 3 is 2.44 bits per heavy atom. The number of hydrogen-bond donors (Lipinski definition) is 3. The lowest BCUT2D eigenvalue weighted by atomic mass is 9.83. The van der Waals surface area contributed by atoms with Crippen molar-refractivity contribution in [3.05, 3.63) is 0 Å². The molecule has 0 heterocycles. The molecule has 0 aromatic rings. The van der Waals surface area contributed by atoms with Gasteiger partial charge in [-0.15, -0.1) is 0 Å². The van der Waals surface area contributed by atoms with Crippen molar-refractivity contribution in [2.24, 2.45) is 0 Å². The molecule has 1 saturated carbocycles. The quantitative estimate of drug-likeness (QED) is 0.562. The number of carboxylic acid groups (broad SMARTS) is 1. The first-order valence-electron chi connectivity index (χ1n) is 5.93. The van der Waals surface area contributed by atoms with Crippen LogP contribution in [0.15, 0.2) is 0 Å². The second kappa shape index (κ2) is 6.46. The molecule has 0 amide bonds. The largest absolute Gasteiger partial charge is 0.480 e. The highest BCUT2D eigenvalue weighted by Gasteiger charge is 2.42. The minimum absolute atomic E-state index is 0.113. The van der Waals surface area contributed by atoms with E-state index in [0.29, 0.717) is 25.7 Å². The molecule has 1 fully saturated rings. The van der Waals surface area contributed by atoms with Crippen molar-refractivity contribution in [1.82, 2.24) is 9.44 Å². The van der Waals surface area contributed by atoms with Gasteiger partial charge in [0.25, 0.3) is 10.2 Å². The van der Waals surface area contributed by atoms with Crippen LogP contribution in [0.25, 0.3) is 0 Å². The topological polar surface area (TPSA) is 105 Å². The molecule has 0 aromatic carbocycles. The van der Waals surface area contributed by atoms with Gasteiger partial charge in [-0.3, -0.25) is 4.79 Å². The fourth-order valence-electron chi connectivity index (χ4n) is 2.09. The molecule has 0 atom stereocenters. The van der Waals surface area contributed by atoms with Crippen molar-refractivity contribution in [3.63, 3.8) is 0 Å². The number of hydrogen-bond acceptors (Lipinski definition) is 4. The van der Waals surface area contributed by atoms with Crippen molar-refractivity contribution >= 4 is 16.2 Å². The zero-order valence-electron chi connectivity index (χ0n) is 10.4. The van der Waals surface area contributed by atoms with Crippen LogP contribution in [0.3, 0.4) is 0 Å². The third-order valence-electron chi connectivity index (χ3n) is 3.04. The van der Waals surface area contributed by atoms with Gasteiger partial charge in [-0.2, -0.15) is 17.9 Å². The molecule has 0 aliphatic heterocycles. The number of nitrogens with one attached hydrogen (secondary N) is 2. The van der Waals surface area contributed by atoms with Crippen LogP contribution in [0.2, 0.25) is 0 Å². The van der Waals surface area contributed by atoms with Gasteiger partial charge in [-0.1, -0.05) is 19.3 Å². The summed E-state index contributed by atoms with van der Waals surface area (Å²) in [6.07, 6.45) is 3.02. The molecular weight excluding hydrogens is 260 g/mol. The molecule has 0 bridgehead atoms. The first-order chi connectivity index (χ1) is 8.42. The molecule has 0 radical (unpaired) electrons. The Kier molecular flexibility index (Phi) is 5.51. The fraction of sp³-hybridized carbons (Fsp3) is 0.900. The van der Waals surface area contributed by atoms with Crippen LogP contribution < -0.4 is 9.44 Å². The van der Waals surface area contributed by atoms with Crippen molar-refractivity contribution in [1.29, 1.82) is 0 Å². The summed E-state index contributed by atoms with van der Waals surface area (Å²) in [5.74, 6) is -1.11. The van der Waals surface area contributed by atoms with E-state index in [1.807, 2.05) is 0 Å². The van der Waals surface area contributed by atoms with E-state index in [4.69, 9.17) is 4.74 Å². The monoisotopic (exact) mass is 280 g/mol. The van der Waals surface area contributed by atoms with Crippen molar-refractivity contribution in [2.45, 2.75) is 37.6 Å². The van der Waals surface area contributed by atoms with E-state index in [1.165, 1.54) is 7.11 Å². The molecular formula is C10H20N2O5S. The number of methoxy groups -OCH3 is 1. The average Bonchev–Trinajstić information content (AvgIpc) is 2.29. The molecule has 3 N–H and O–H groups in total. The molecule has 1 rings (SSSR count). The fourth-order valence-corrected chi connectivity index (χ4v) is 3.32. The lowest BCUT2D eigenvalue weighted by Gasteiger charge is -2.33. The number of aliphatic carboxylic acids is 1. The van der Waals surface area contributed by atoms with Gasteiger partial charge in [0.05, 0.1) is 6.61 Å². The third kappa shape index (κ3) is 4.20. The maximum Gasteiger partial charge on any atom is 0.324 e. The smallest absolute Gasteiger partial charge is 0.324 e. The SMILES string of the molecule is COCCNS(=O)(=O)NC1(C(=O)O)CCCCC1. The van der Waals surface area contributed by atoms with Gasteiger partial charge in [0.15, 0.2) is 0 Å². The third-order valence-corrected chi connectivity index (χ3v) is 4.29. The second-order valence-corrected chi connectivity index (χ2v) is 5.94. The summed E-state index contributed by atoms with van der Waals surface area (Å²) in [5.41, 5.74) is -1.36. The minimum Gasteiger partial charge on any atom is -0.480 e. The summed E-state index contributed by atoms with van der Waals surface area (Å²) in [6.45, 7) is 0.350. The van der Waals surface area contributed by atoms with E-state index in [-0.39, 0.29) is 13.2 Å². The van der Waals surface area contributed by atoms with Crippen molar-refractivity contribution in [3.8, 4) is 0 Å². The van der Waals surface area contributed by atoms with Crippen molar-refractivity contribution < 1.29 is 23.1 Å². The summed E-state index contributed by atoms with van der Waals surface area (Å²) in [6, 6.07) is 0. The average molecular weight is 280 g/mol. The molecule has 0 unspecified atom stereocenters. The van der Waals surface area contributed by atoms with E-state index in [9.17, 15) is 18.3 Å². The molecule has 106 valence electrons. The van der Waals surface area contributed by atoms with Crippen LogP contribution in [-0.4, -0.2) is 45.3 Å². The second-order valence-electron chi connectivity index (χ2n) is 4.44. The molecule has 7 nitrogen and oxygen atoms in total. The van der Waals surface area contributed by atoms with Gasteiger partial charge in [0.1, 0.15) is 5.54 Å². The minimum atomic E-state index is -3.82. The maximum atomic E-state index is 11.7. The van der Waals surface area contributed by atoms with Crippen LogP contribution >= 0.6 is 0 Å². The van der Waals surface area contributed by atoms with Gasteiger partial charge in [0.2, 0.25) is 0 Å². The molecule has 1 aliphatic rings. The van der Waals surface area contributed by atoms with Crippen molar-refractivity contribution in [2.75, 3.05) is 20.3 Å². The van der Waals surface area contributed by atoms with Crippen LogP contribution in [0.5, 0.6) is 0 Å². The van der Waals surface area contributed by atoms with E-state index in [1.54, 1.807) is 0 Å². The normalized spacial score (nSPS) is 19.6. The zero-order chi connectivity index (χ0) is 13.6. The van der Waals surface area contributed by atoms with E-state index in [2.05, 4.69) is 9.44 Å². The Morgan fingerprint density at radius 1 is 1.33 bits per heavy atom. The highest BCUT2D eigenvalue weighted by Crippen LogP contribution is 2.28. The first kappa shape index (κ1) is 15.4. The van der Waals surface area contributed by atoms with Gasteiger partial charge < -0.3 is 9.84 Å². The predicted molar refractivity (Wildman–Crippen MR) is 65.4 cm³/mol. The summed E-state index contributed by atoms with van der Waals surface area (Å²) >= 11 is 0. The predicted octanol–water partition coefficient (Wildman–Crippen LogP) is -0.156. The van der Waals surface area contributed by atoms with Crippen LogP contribution in [0, 0.1) is 0 Å². The number of rotatable bonds is 7. The zero-order valence-corrected chi connectivity index (χ0v) is 11.3. The van der Waals surface area contributed by atoms with Gasteiger partial charge >= 0.3 is 5.97 Å². The lowest BCUT2D eigenvalue weighted by molar-refractivity contribution is -0.145. The van der Waals surface area contributed by atoms with E-state index < -0.39 is 21.7 Å². The van der Waals surface area contributed by atoms with E-state index in [0.717, 1.165) is 6.42 Å². The first-order valence-corrected chi connectivity index (χ1v) is 7.41. The lowest BCUT2D eigenvalue weighted by Crippen LogP contribution is -2.58. The highest BCUT2D eigenvalue weighted by atomic mass is 32.2. The maximum absolute atomic E-state index is 11.7.